The molecule has 3 rings (SSSR count). The van der Waals surface area contributed by atoms with Crippen molar-refractivity contribution in [2.24, 2.45) is 10.4 Å². The zero-order valence-corrected chi connectivity index (χ0v) is 16.2. The molecule has 0 aromatic heterocycles. The molecule has 0 atom stereocenters. The molecule has 0 bridgehead atoms. The van der Waals surface area contributed by atoms with Gasteiger partial charge < -0.3 is 5.32 Å². The molecule has 0 amide bonds. The fraction of sp³-hybridized carbons (Fsp3) is 0.562. The molecule has 1 N–H and O–H groups in total. The minimum Gasteiger partial charge on any atom is -0.333 e. The molecule has 1 aromatic rings. The van der Waals surface area contributed by atoms with Crippen molar-refractivity contribution >= 4 is 54.5 Å². The van der Waals surface area contributed by atoms with E-state index in [1.165, 1.54) is 43.4 Å². The number of anilines is 1. The van der Waals surface area contributed by atoms with E-state index in [-0.39, 0.29) is 0 Å². The molecule has 0 unspecified atom stereocenters. The monoisotopic (exact) mass is 430 g/mol. The van der Waals surface area contributed by atoms with Crippen molar-refractivity contribution in [1.29, 1.82) is 0 Å². The van der Waals surface area contributed by atoms with Gasteiger partial charge in [-0.1, -0.05) is 31.0 Å². The SMILES string of the molecule is Cc1cc(Br)c(NC2=NCC3(CCCCC3)CS2)c(Br)c1. The minimum absolute atomic E-state index is 0.482. The van der Waals surface area contributed by atoms with Crippen molar-refractivity contribution in [2.45, 2.75) is 39.0 Å². The molecule has 0 saturated heterocycles. The molecule has 1 aromatic carbocycles. The maximum absolute atomic E-state index is 4.83. The van der Waals surface area contributed by atoms with Crippen LogP contribution in [0.4, 0.5) is 5.69 Å². The number of aliphatic imine (C=N–C) groups is 1. The van der Waals surface area contributed by atoms with Crippen LogP contribution < -0.4 is 5.32 Å². The lowest BCUT2D eigenvalue weighted by Gasteiger charge is -2.38. The summed E-state index contributed by atoms with van der Waals surface area (Å²) in [4.78, 5) is 4.83. The van der Waals surface area contributed by atoms with Crippen molar-refractivity contribution in [1.82, 2.24) is 0 Å². The van der Waals surface area contributed by atoms with Crippen LogP contribution in [0.5, 0.6) is 0 Å². The predicted molar refractivity (Wildman–Crippen MR) is 100 cm³/mol. The van der Waals surface area contributed by atoms with Gasteiger partial charge in [-0.15, -0.1) is 0 Å². The Hall–Kier alpha value is -0.000000000000000111. The Bertz CT molecular complexity index is 542. The van der Waals surface area contributed by atoms with Gasteiger partial charge in [-0.3, -0.25) is 4.99 Å². The van der Waals surface area contributed by atoms with E-state index in [2.05, 4.69) is 56.2 Å². The summed E-state index contributed by atoms with van der Waals surface area (Å²) in [5.74, 6) is 1.21. The number of hydrogen-bond acceptors (Lipinski definition) is 3. The summed E-state index contributed by atoms with van der Waals surface area (Å²) in [6, 6.07) is 4.26. The van der Waals surface area contributed by atoms with Crippen LogP contribution in [0.25, 0.3) is 0 Å². The molecule has 1 fully saturated rings. The summed E-state index contributed by atoms with van der Waals surface area (Å²) in [7, 11) is 0. The van der Waals surface area contributed by atoms with Gasteiger partial charge in [-0.05, 0) is 74.7 Å². The Balaban J connectivity index is 1.72. The van der Waals surface area contributed by atoms with Crippen LogP contribution in [0.2, 0.25) is 0 Å². The first-order chi connectivity index (χ1) is 10.1. The highest BCUT2D eigenvalue weighted by Gasteiger charge is 2.35. The van der Waals surface area contributed by atoms with Crippen molar-refractivity contribution in [3.05, 3.63) is 26.6 Å². The fourth-order valence-electron chi connectivity index (χ4n) is 3.16. The lowest BCUT2D eigenvalue weighted by molar-refractivity contribution is 0.232. The first kappa shape index (κ1) is 15.9. The molecule has 5 heteroatoms. The number of nitrogens with one attached hydrogen (secondary N) is 1. The summed E-state index contributed by atoms with van der Waals surface area (Å²) < 4.78 is 2.16. The van der Waals surface area contributed by atoms with Crippen LogP contribution in [0.15, 0.2) is 26.1 Å². The summed E-state index contributed by atoms with van der Waals surface area (Å²) in [5, 5.41) is 4.54. The van der Waals surface area contributed by atoms with Gasteiger partial charge in [-0.25, -0.2) is 0 Å². The molecule has 114 valence electrons. The molecule has 0 radical (unpaired) electrons. The number of halogens is 2. The van der Waals surface area contributed by atoms with Crippen LogP contribution >= 0.6 is 43.6 Å². The summed E-state index contributed by atoms with van der Waals surface area (Å²) in [6.45, 7) is 3.09. The summed E-state index contributed by atoms with van der Waals surface area (Å²) in [6.07, 6.45) is 6.88. The first-order valence-corrected chi connectivity index (χ1v) is 10.1. The van der Waals surface area contributed by atoms with Gasteiger partial charge in [0.15, 0.2) is 5.17 Å². The van der Waals surface area contributed by atoms with E-state index in [0.717, 1.165) is 26.3 Å². The second-order valence-corrected chi connectivity index (χ2v) is 8.87. The molecule has 1 aliphatic heterocycles. The van der Waals surface area contributed by atoms with E-state index in [0.29, 0.717) is 5.41 Å². The van der Waals surface area contributed by atoms with Gasteiger partial charge in [0.1, 0.15) is 0 Å². The molecule has 2 aliphatic rings. The topological polar surface area (TPSA) is 24.4 Å². The Kier molecular flexibility index (Phi) is 5.01. The predicted octanol–water partition coefficient (Wildman–Crippen LogP) is 5.99. The number of aryl methyl sites for hydroxylation is 1. The highest BCUT2D eigenvalue weighted by molar-refractivity contribution is 9.11. The average molecular weight is 432 g/mol. The number of benzene rings is 1. The molecule has 21 heavy (non-hydrogen) atoms. The minimum atomic E-state index is 0.482. The second-order valence-electron chi connectivity index (χ2n) is 6.20. The highest BCUT2D eigenvalue weighted by atomic mass is 79.9. The quantitative estimate of drug-likeness (QED) is 0.590. The van der Waals surface area contributed by atoms with Gasteiger partial charge in [0.05, 0.1) is 5.69 Å². The van der Waals surface area contributed by atoms with Gasteiger partial charge in [0, 0.05) is 21.2 Å². The van der Waals surface area contributed by atoms with Crippen LogP contribution in [0.3, 0.4) is 0 Å². The van der Waals surface area contributed by atoms with E-state index in [1.807, 2.05) is 11.8 Å². The fourth-order valence-corrected chi connectivity index (χ4v) is 5.92. The van der Waals surface area contributed by atoms with Gasteiger partial charge >= 0.3 is 0 Å². The molecule has 1 spiro atoms. The highest BCUT2D eigenvalue weighted by Crippen LogP contribution is 2.42. The maximum atomic E-state index is 4.83. The zero-order valence-electron chi connectivity index (χ0n) is 12.2. The van der Waals surface area contributed by atoms with Gasteiger partial charge in [0.25, 0.3) is 0 Å². The van der Waals surface area contributed by atoms with E-state index in [4.69, 9.17) is 4.99 Å². The third kappa shape index (κ3) is 3.67. The molecule has 1 aliphatic carbocycles. The van der Waals surface area contributed by atoms with Crippen LogP contribution in [0.1, 0.15) is 37.7 Å². The molecule has 1 saturated carbocycles. The number of rotatable bonds is 1. The van der Waals surface area contributed by atoms with Crippen LogP contribution in [-0.2, 0) is 0 Å². The average Bonchev–Trinajstić information content (AvgIpc) is 2.46. The van der Waals surface area contributed by atoms with Crippen LogP contribution in [-0.4, -0.2) is 17.5 Å². The zero-order chi connectivity index (χ0) is 14.9. The van der Waals surface area contributed by atoms with Crippen molar-refractivity contribution < 1.29 is 0 Å². The van der Waals surface area contributed by atoms with E-state index >= 15 is 0 Å². The van der Waals surface area contributed by atoms with E-state index < -0.39 is 0 Å². The van der Waals surface area contributed by atoms with Gasteiger partial charge in [0.2, 0.25) is 0 Å². The molecule has 1 heterocycles. The Morgan fingerprint density at radius 1 is 1.14 bits per heavy atom. The summed E-state index contributed by atoms with van der Waals surface area (Å²) >= 11 is 9.16. The lowest BCUT2D eigenvalue weighted by Crippen LogP contribution is -2.35. The molecular weight excluding hydrogens is 412 g/mol. The smallest absolute Gasteiger partial charge is 0.161 e. The molecule has 2 nitrogen and oxygen atoms in total. The van der Waals surface area contributed by atoms with Crippen LogP contribution in [0, 0.1) is 12.3 Å². The second kappa shape index (κ2) is 6.63. The Morgan fingerprint density at radius 3 is 2.38 bits per heavy atom. The first-order valence-electron chi connectivity index (χ1n) is 7.48. The molecular formula is C16H20Br2N2S. The van der Waals surface area contributed by atoms with Crippen molar-refractivity contribution in [3.8, 4) is 0 Å². The number of nitrogens with zero attached hydrogens (tertiary/aromatic N) is 1. The third-order valence-corrected chi connectivity index (χ3v) is 6.92. The van der Waals surface area contributed by atoms with Crippen molar-refractivity contribution in [3.63, 3.8) is 0 Å². The number of thioether (sulfide) groups is 1. The van der Waals surface area contributed by atoms with E-state index in [9.17, 15) is 0 Å². The maximum Gasteiger partial charge on any atom is 0.161 e. The lowest BCUT2D eigenvalue weighted by atomic mass is 9.75. The standard InChI is InChI=1S/C16H20Br2N2S/c1-11-7-12(17)14(13(18)8-11)20-15-19-9-16(10-21-15)5-3-2-4-6-16/h7-8H,2-6,9-10H2,1H3,(H,19,20). The van der Waals surface area contributed by atoms with Crippen molar-refractivity contribution in [2.75, 3.05) is 17.6 Å². The largest absolute Gasteiger partial charge is 0.333 e. The number of amidine groups is 1. The van der Waals surface area contributed by atoms with E-state index in [1.54, 1.807) is 0 Å². The van der Waals surface area contributed by atoms with Gasteiger partial charge in [-0.2, -0.15) is 0 Å². The normalized spacial score (nSPS) is 21.2. The third-order valence-electron chi connectivity index (χ3n) is 4.41. The Labute approximate surface area is 147 Å². The summed E-state index contributed by atoms with van der Waals surface area (Å²) in [5.41, 5.74) is 2.79. The number of hydrogen-bond donors (Lipinski definition) is 1. The Morgan fingerprint density at radius 2 is 1.81 bits per heavy atom.